The Morgan fingerprint density at radius 2 is 1.61 bits per heavy atom. The molecule has 126 valence electrons. The highest BCUT2D eigenvalue weighted by Gasteiger charge is 2.16. The molecule has 2 rings (SSSR count). The van der Waals surface area contributed by atoms with Gasteiger partial charge in [0.25, 0.3) is 0 Å². The lowest BCUT2D eigenvalue weighted by molar-refractivity contribution is 0.0776. The van der Waals surface area contributed by atoms with Crippen molar-refractivity contribution in [2.45, 2.75) is 39.3 Å². The Bertz CT molecular complexity index is 557. The van der Waals surface area contributed by atoms with Gasteiger partial charge in [0, 0.05) is 12.6 Å². The van der Waals surface area contributed by atoms with Crippen LogP contribution in [0.3, 0.4) is 0 Å². The second-order valence-corrected chi connectivity index (χ2v) is 5.98. The average Bonchev–Trinajstić information content (AvgIpc) is 2.52. The molecule has 0 aliphatic heterocycles. The van der Waals surface area contributed by atoms with Gasteiger partial charge in [-0.15, -0.1) is 12.4 Å². The molecular weight excluding hydrogens is 306 g/mol. The van der Waals surface area contributed by atoms with Crippen LogP contribution in [0.2, 0.25) is 0 Å². The Hall–Kier alpha value is -1.35. The molecule has 0 amide bonds. The van der Waals surface area contributed by atoms with E-state index in [1.807, 2.05) is 6.07 Å². The molecule has 0 saturated carbocycles. The molecule has 0 heterocycles. The summed E-state index contributed by atoms with van der Waals surface area (Å²) in [5, 5.41) is 3.43. The van der Waals surface area contributed by atoms with E-state index in [4.69, 9.17) is 4.74 Å². The number of aryl methyl sites for hydroxylation is 1. The molecule has 0 aliphatic carbocycles. The van der Waals surface area contributed by atoms with E-state index in [0.29, 0.717) is 6.04 Å². The quantitative estimate of drug-likeness (QED) is 0.693. The lowest BCUT2D eigenvalue weighted by Gasteiger charge is -2.21. The Morgan fingerprint density at radius 3 is 2.26 bits per heavy atom. The van der Waals surface area contributed by atoms with Crippen LogP contribution in [0.15, 0.2) is 54.6 Å². The van der Waals surface area contributed by atoms with Gasteiger partial charge in [0.05, 0.1) is 0 Å². The topological polar surface area (TPSA) is 21.3 Å². The summed E-state index contributed by atoms with van der Waals surface area (Å²) in [6.45, 7) is 8.23. The molecule has 1 N–H and O–H groups in total. The van der Waals surface area contributed by atoms with Crippen molar-refractivity contribution in [3.05, 3.63) is 71.3 Å². The lowest BCUT2D eigenvalue weighted by Crippen LogP contribution is -2.24. The van der Waals surface area contributed by atoms with Crippen LogP contribution >= 0.6 is 12.4 Å². The third-order valence-corrected chi connectivity index (χ3v) is 3.73. The minimum absolute atomic E-state index is 0. The summed E-state index contributed by atoms with van der Waals surface area (Å²) in [4.78, 5) is 0. The van der Waals surface area contributed by atoms with Gasteiger partial charge in [0.15, 0.2) is 0 Å². The highest BCUT2D eigenvalue weighted by molar-refractivity contribution is 5.85. The van der Waals surface area contributed by atoms with Gasteiger partial charge in [0.2, 0.25) is 0 Å². The summed E-state index contributed by atoms with van der Waals surface area (Å²) >= 11 is 0. The van der Waals surface area contributed by atoms with Gasteiger partial charge >= 0.3 is 0 Å². The maximum absolute atomic E-state index is 6.24. The molecule has 2 aromatic rings. The first-order chi connectivity index (χ1) is 10.7. The van der Waals surface area contributed by atoms with E-state index in [0.717, 1.165) is 19.6 Å². The lowest BCUT2D eigenvalue weighted by atomic mass is 9.97. The van der Waals surface area contributed by atoms with E-state index in [1.165, 1.54) is 16.7 Å². The first kappa shape index (κ1) is 19.7. The minimum Gasteiger partial charge on any atom is -0.369 e. The van der Waals surface area contributed by atoms with Crippen LogP contribution in [-0.2, 0) is 4.74 Å². The van der Waals surface area contributed by atoms with Crippen LogP contribution in [0.1, 0.15) is 43.1 Å². The number of hydrogen-bond donors (Lipinski definition) is 1. The zero-order valence-corrected chi connectivity index (χ0v) is 15.1. The second kappa shape index (κ2) is 10.4. The van der Waals surface area contributed by atoms with Crippen molar-refractivity contribution in [3.63, 3.8) is 0 Å². The highest BCUT2D eigenvalue weighted by atomic mass is 35.5. The number of benzene rings is 2. The largest absolute Gasteiger partial charge is 0.369 e. The Kier molecular flexibility index (Phi) is 8.93. The molecule has 0 aliphatic rings. The fourth-order valence-corrected chi connectivity index (χ4v) is 2.54. The summed E-state index contributed by atoms with van der Waals surface area (Å²) in [7, 11) is 0. The third-order valence-electron chi connectivity index (χ3n) is 3.73. The first-order valence-electron chi connectivity index (χ1n) is 8.14. The van der Waals surface area contributed by atoms with Gasteiger partial charge in [-0.2, -0.15) is 0 Å². The van der Waals surface area contributed by atoms with Gasteiger partial charge in [-0.25, -0.2) is 0 Å². The smallest absolute Gasteiger partial charge is 0.108 e. The molecule has 0 spiro atoms. The van der Waals surface area contributed by atoms with Crippen LogP contribution in [0.5, 0.6) is 0 Å². The first-order valence-corrected chi connectivity index (χ1v) is 8.14. The van der Waals surface area contributed by atoms with Crippen LogP contribution in [-0.4, -0.2) is 19.2 Å². The molecule has 1 atom stereocenters. The normalized spacial score (nSPS) is 12.0. The van der Waals surface area contributed by atoms with Crippen molar-refractivity contribution in [1.29, 1.82) is 0 Å². The van der Waals surface area contributed by atoms with E-state index in [2.05, 4.69) is 74.6 Å². The summed E-state index contributed by atoms with van der Waals surface area (Å²) in [5.74, 6) is 0. The Balaban J connectivity index is 0.00000264. The van der Waals surface area contributed by atoms with E-state index in [-0.39, 0.29) is 18.5 Å². The third kappa shape index (κ3) is 6.34. The van der Waals surface area contributed by atoms with Crippen molar-refractivity contribution >= 4 is 12.4 Å². The zero-order chi connectivity index (χ0) is 15.8. The number of ether oxygens (including phenoxy) is 1. The average molecular weight is 334 g/mol. The molecule has 0 radical (unpaired) electrons. The molecule has 0 aromatic heterocycles. The monoisotopic (exact) mass is 333 g/mol. The molecule has 23 heavy (non-hydrogen) atoms. The van der Waals surface area contributed by atoms with Crippen LogP contribution in [0.25, 0.3) is 0 Å². The van der Waals surface area contributed by atoms with Gasteiger partial charge in [-0.1, -0.05) is 68.4 Å². The van der Waals surface area contributed by atoms with Crippen molar-refractivity contribution in [2.24, 2.45) is 0 Å². The molecule has 2 aromatic carbocycles. The molecule has 0 saturated heterocycles. The van der Waals surface area contributed by atoms with E-state index < -0.39 is 0 Å². The van der Waals surface area contributed by atoms with Gasteiger partial charge in [0.1, 0.15) is 6.10 Å². The standard InChI is InChI=1S/C20H27NO.ClH/c1-16(2)21-14-9-15-22-20(18-11-5-4-6-12-18)19-13-8-7-10-17(19)3;/h4-8,10-13,16,20-21H,9,14-15H2,1-3H3;1H. The number of rotatable bonds is 8. The summed E-state index contributed by atoms with van der Waals surface area (Å²) in [6, 6.07) is 19.5. The number of hydrogen-bond acceptors (Lipinski definition) is 2. The minimum atomic E-state index is 0. The predicted molar refractivity (Wildman–Crippen MR) is 100 cm³/mol. The summed E-state index contributed by atoms with van der Waals surface area (Å²) < 4.78 is 6.24. The molecule has 0 bridgehead atoms. The number of halogens is 1. The van der Waals surface area contributed by atoms with Gasteiger partial charge < -0.3 is 10.1 Å². The number of nitrogens with one attached hydrogen (secondary N) is 1. The molecule has 3 heteroatoms. The van der Waals surface area contributed by atoms with Crippen molar-refractivity contribution in [3.8, 4) is 0 Å². The van der Waals surface area contributed by atoms with Crippen LogP contribution in [0.4, 0.5) is 0 Å². The van der Waals surface area contributed by atoms with Gasteiger partial charge in [-0.05, 0) is 36.6 Å². The van der Waals surface area contributed by atoms with Crippen molar-refractivity contribution < 1.29 is 4.74 Å². The maximum atomic E-state index is 6.24. The van der Waals surface area contributed by atoms with Crippen molar-refractivity contribution in [2.75, 3.05) is 13.2 Å². The van der Waals surface area contributed by atoms with Crippen LogP contribution in [0, 0.1) is 6.92 Å². The maximum Gasteiger partial charge on any atom is 0.108 e. The molecular formula is C20H28ClNO. The van der Waals surface area contributed by atoms with Crippen LogP contribution < -0.4 is 5.32 Å². The highest BCUT2D eigenvalue weighted by Crippen LogP contribution is 2.28. The summed E-state index contributed by atoms with van der Waals surface area (Å²) in [5.41, 5.74) is 3.75. The Labute approximate surface area is 146 Å². The summed E-state index contributed by atoms with van der Waals surface area (Å²) in [6.07, 6.45) is 1.04. The van der Waals surface area contributed by atoms with E-state index in [9.17, 15) is 0 Å². The predicted octanol–water partition coefficient (Wildman–Crippen LogP) is 4.91. The fraction of sp³-hybridized carbons (Fsp3) is 0.400. The molecule has 0 fully saturated rings. The van der Waals surface area contributed by atoms with Gasteiger partial charge in [-0.3, -0.25) is 0 Å². The zero-order valence-electron chi connectivity index (χ0n) is 14.3. The second-order valence-electron chi connectivity index (χ2n) is 5.98. The van der Waals surface area contributed by atoms with E-state index in [1.54, 1.807) is 0 Å². The Morgan fingerprint density at radius 1 is 0.957 bits per heavy atom. The SMILES string of the molecule is Cc1ccccc1C(OCCCNC(C)C)c1ccccc1.Cl. The molecule has 1 unspecified atom stereocenters. The van der Waals surface area contributed by atoms with Crippen molar-refractivity contribution in [1.82, 2.24) is 5.32 Å². The fourth-order valence-electron chi connectivity index (χ4n) is 2.54. The van der Waals surface area contributed by atoms with E-state index >= 15 is 0 Å². The molecule has 2 nitrogen and oxygen atoms in total.